The van der Waals surface area contributed by atoms with Crippen molar-refractivity contribution >= 4 is 126 Å². The summed E-state index contributed by atoms with van der Waals surface area (Å²) in [7, 11) is 0. The zero-order valence-corrected chi connectivity index (χ0v) is 74.6. The normalized spacial score (nSPS) is 11.9. The predicted molar refractivity (Wildman–Crippen MR) is 506 cm³/mol. The van der Waals surface area contributed by atoms with Crippen LogP contribution < -0.4 is 9.47 Å². The first-order valence-corrected chi connectivity index (χ1v) is 42.9. The van der Waals surface area contributed by atoms with Gasteiger partial charge >= 0.3 is 18.1 Å². The van der Waals surface area contributed by atoms with Crippen LogP contribution >= 0.6 is 0 Å². The molecule has 0 aromatic heterocycles. The molecule has 0 fully saturated rings. The molecule has 0 aliphatic rings. The SMILES string of the molecule is C=CC(=O)OCCCCOc1ccc(N=Nc2ccc(N=Nc3ccc(N=Nc4ccc(N=Nc5ccc(N=Nc6ccc(OCCCCOC(=O)C=C)c(C(F)(F)F)c6)cc5)cc4C)cc3)cc2C)cc1C.CCCCc1ccc(N=Nc2ccc(N=Nc3c(C)cc(N=Nc4cc(C)c(N=Nc5ccc(N=Nc6ccc(CCCC)cc6)cc5)c(C)c4)cc3C)cc2)cc1. The van der Waals surface area contributed by atoms with Crippen LogP contribution in [0.3, 0.4) is 0 Å². The quantitative estimate of drug-likeness (QED) is 0.0155. The van der Waals surface area contributed by atoms with E-state index in [1.165, 1.54) is 48.9 Å². The molecule has 0 N–H and O–H groups in total. The molecular weight excluding hydrogens is 1660 g/mol. The van der Waals surface area contributed by atoms with Gasteiger partial charge in [-0.3, -0.25) is 0 Å². The summed E-state index contributed by atoms with van der Waals surface area (Å²) in [6.07, 6.45) is 6.67. The molecule has 26 nitrogen and oxygen atoms in total. The summed E-state index contributed by atoms with van der Waals surface area (Å²) >= 11 is 0. The Bertz CT molecular complexity index is 6000. The van der Waals surface area contributed by atoms with E-state index in [2.05, 4.69) is 154 Å². The molecule has 0 atom stereocenters. The fourth-order valence-corrected chi connectivity index (χ4v) is 12.6. The fourth-order valence-electron chi connectivity index (χ4n) is 12.6. The molecule has 0 aliphatic heterocycles. The van der Waals surface area contributed by atoms with E-state index >= 15 is 0 Å². The Morgan fingerprint density at radius 3 is 0.832 bits per heavy atom. The zero-order valence-electron chi connectivity index (χ0n) is 74.6. The van der Waals surface area contributed by atoms with Crippen molar-refractivity contribution in [1.82, 2.24) is 0 Å². The molecule has 0 saturated carbocycles. The number of nitrogens with zero attached hydrogens (tertiary/aromatic N) is 20. The van der Waals surface area contributed by atoms with Gasteiger partial charge in [0.25, 0.3) is 0 Å². The van der Waals surface area contributed by atoms with E-state index in [0.717, 1.165) is 139 Å². The standard InChI is InChI=1S/C54H51F3N10O6.C48H50N10/c1-6-52(68)72-30-10-8-28-70-50-26-22-45(34-38(50)5)65-67-49-25-21-44(33-37(49)4)63-59-40-16-18-42(19-17-40)61-66-48-24-20-43(32-36(48)3)62-58-39-12-14-41(15-13-39)60-64-46-23-27-51(47(35-46)54(55,56)57)71-29-9-11-31-73-53(69)7-2;1-7-9-11-37-13-17-39(18-14-37)49-51-41-21-25-43(26-22-41)53-57-47-33(3)29-45(30-34(47)4)55-56-46-31-35(5)48(36(6)32-46)58-54-44-27-23-42(24-28-44)52-50-40-19-15-38(16-20-40)12-10-8-2/h6-7,12-27,32-35H,1-2,8-11,28-31H2,3-5H3;13-32H,7-12H2,1-6H3. The van der Waals surface area contributed by atoms with Crippen molar-refractivity contribution in [3.8, 4) is 11.5 Å². The van der Waals surface area contributed by atoms with Gasteiger partial charge in [-0.25, -0.2) is 9.59 Å². The second-order valence-electron chi connectivity index (χ2n) is 30.4. The largest absolute Gasteiger partial charge is 0.493 e. The first kappa shape index (κ1) is 96.1. The van der Waals surface area contributed by atoms with Crippen molar-refractivity contribution in [1.29, 1.82) is 0 Å². The Labute approximate surface area is 759 Å². The maximum atomic E-state index is 13.8. The first-order chi connectivity index (χ1) is 63.5. The lowest BCUT2D eigenvalue weighted by molar-refractivity contribution is -0.139. The smallest absolute Gasteiger partial charge is 0.420 e. The highest BCUT2D eigenvalue weighted by Crippen LogP contribution is 2.41. The number of esters is 2. The van der Waals surface area contributed by atoms with E-state index in [9.17, 15) is 22.8 Å². The lowest BCUT2D eigenvalue weighted by atomic mass is 10.1. The van der Waals surface area contributed by atoms with Crippen molar-refractivity contribution in [2.75, 3.05) is 26.4 Å². The van der Waals surface area contributed by atoms with E-state index in [1.807, 2.05) is 188 Å². The van der Waals surface area contributed by atoms with Gasteiger partial charge in [0, 0.05) is 12.2 Å². The molecule has 0 radical (unpaired) electrons. The summed E-state index contributed by atoms with van der Waals surface area (Å²) in [6.45, 7) is 25.8. The molecule has 0 aliphatic carbocycles. The van der Waals surface area contributed by atoms with Gasteiger partial charge in [0.2, 0.25) is 0 Å². The number of benzene rings is 12. The lowest BCUT2D eigenvalue weighted by Gasteiger charge is -2.14. The number of carbonyl (C=O) groups is 2. The highest BCUT2D eigenvalue weighted by molar-refractivity contribution is 5.81. The number of hydrogen-bond donors (Lipinski definition) is 0. The van der Waals surface area contributed by atoms with Gasteiger partial charge in [-0.15, -0.1) is 0 Å². The summed E-state index contributed by atoms with van der Waals surface area (Å²) in [6, 6.07) is 73.2. The van der Waals surface area contributed by atoms with Crippen molar-refractivity contribution in [2.45, 2.75) is 133 Å². The molecule has 12 rings (SSSR count). The van der Waals surface area contributed by atoms with Crippen LogP contribution in [-0.2, 0) is 38.1 Å². The van der Waals surface area contributed by atoms with E-state index in [1.54, 1.807) is 60.7 Å². The topological polar surface area (TPSA) is 318 Å². The van der Waals surface area contributed by atoms with E-state index < -0.39 is 23.7 Å². The third kappa shape index (κ3) is 31.5. The molecule has 12 aromatic carbocycles. The maximum absolute atomic E-state index is 13.8. The van der Waals surface area contributed by atoms with Crippen molar-refractivity contribution in [2.24, 2.45) is 102 Å². The number of alkyl halides is 3. The van der Waals surface area contributed by atoms with Gasteiger partial charge in [-0.2, -0.15) is 115 Å². The minimum absolute atomic E-state index is 0.000120. The van der Waals surface area contributed by atoms with Crippen LogP contribution in [0.15, 0.2) is 370 Å². The van der Waals surface area contributed by atoms with Gasteiger partial charge in [-0.05, 0) is 368 Å². The monoisotopic (exact) mass is 1760 g/mol. The highest BCUT2D eigenvalue weighted by Gasteiger charge is 2.35. The van der Waals surface area contributed by atoms with Gasteiger partial charge in [-0.1, -0.05) is 64.1 Å². The summed E-state index contributed by atoms with van der Waals surface area (Å²) in [4.78, 5) is 22.2. The summed E-state index contributed by atoms with van der Waals surface area (Å²) in [5, 5.41) is 87.8. The summed E-state index contributed by atoms with van der Waals surface area (Å²) in [5.41, 5.74) is 21.3. The summed E-state index contributed by atoms with van der Waals surface area (Å²) < 4.78 is 62.6. The van der Waals surface area contributed by atoms with Gasteiger partial charge in [0.05, 0.1) is 146 Å². The van der Waals surface area contributed by atoms with Crippen LogP contribution in [0.25, 0.3) is 0 Å². The Morgan fingerprint density at radius 2 is 0.519 bits per heavy atom. The average molecular weight is 1760 g/mol. The van der Waals surface area contributed by atoms with Crippen LogP contribution in [0.1, 0.15) is 121 Å². The first-order valence-electron chi connectivity index (χ1n) is 42.9. The van der Waals surface area contributed by atoms with Gasteiger partial charge in [0.1, 0.15) is 11.5 Å². The van der Waals surface area contributed by atoms with Crippen LogP contribution in [0, 0.1) is 48.5 Å². The molecule has 0 saturated heterocycles. The number of aryl methyl sites for hydroxylation is 9. The van der Waals surface area contributed by atoms with Crippen molar-refractivity contribution in [3.05, 3.63) is 324 Å². The number of unbranched alkanes of at least 4 members (excludes halogenated alkanes) is 4. The van der Waals surface area contributed by atoms with Crippen LogP contribution in [-0.4, -0.2) is 38.4 Å². The van der Waals surface area contributed by atoms with Crippen LogP contribution in [0.4, 0.5) is 127 Å². The Hall–Kier alpha value is -15.6. The molecule has 0 heterocycles. The Morgan fingerprint density at radius 1 is 0.275 bits per heavy atom. The molecule has 12 aromatic rings. The molecule has 131 heavy (non-hydrogen) atoms. The van der Waals surface area contributed by atoms with E-state index in [4.69, 9.17) is 18.9 Å². The van der Waals surface area contributed by atoms with Crippen LogP contribution in [0.5, 0.6) is 11.5 Å². The number of carbonyl (C=O) groups excluding carboxylic acids is 2. The zero-order chi connectivity index (χ0) is 92.7. The number of ether oxygens (including phenoxy) is 4. The van der Waals surface area contributed by atoms with E-state index in [0.29, 0.717) is 83.7 Å². The Balaban J connectivity index is 0.000000259. The fraction of sp³-hybridized carbons (Fsp3) is 0.235. The van der Waals surface area contributed by atoms with Crippen molar-refractivity contribution in [3.63, 3.8) is 0 Å². The molecule has 0 amide bonds. The van der Waals surface area contributed by atoms with Crippen LogP contribution in [0.2, 0.25) is 0 Å². The molecule has 0 unspecified atom stereocenters. The third-order valence-electron chi connectivity index (χ3n) is 19.8. The third-order valence-corrected chi connectivity index (χ3v) is 19.8. The molecule has 29 heteroatoms. The maximum Gasteiger partial charge on any atom is 0.420 e. The minimum atomic E-state index is -4.68. The lowest BCUT2D eigenvalue weighted by Crippen LogP contribution is -2.10. The predicted octanol–water partition coefficient (Wildman–Crippen LogP) is 35.2. The Kier molecular flexibility index (Phi) is 36.3. The average Bonchev–Trinajstić information content (AvgIpc) is 0.823. The van der Waals surface area contributed by atoms with Crippen molar-refractivity contribution < 1.29 is 41.7 Å². The highest BCUT2D eigenvalue weighted by atomic mass is 19.4. The molecule has 0 bridgehead atoms. The number of rotatable bonds is 40. The molecule has 666 valence electrons. The second kappa shape index (κ2) is 49.5. The molecular formula is C102H101F3N20O6. The minimum Gasteiger partial charge on any atom is -0.493 e. The van der Waals surface area contributed by atoms with Gasteiger partial charge < -0.3 is 18.9 Å². The number of halogens is 3. The van der Waals surface area contributed by atoms with E-state index in [-0.39, 0.29) is 24.7 Å². The summed E-state index contributed by atoms with van der Waals surface area (Å²) in [5.74, 6) is -0.577. The number of hydrogen-bond acceptors (Lipinski definition) is 26. The number of azo groups is 10. The molecule has 0 spiro atoms. The second-order valence-corrected chi connectivity index (χ2v) is 30.4. The van der Waals surface area contributed by atoms with Gasteiger partial charge in [0.15, 0.2) is 0 Å².